The van der Waals surface area contributed by atoms with Crippen molar-refractivity contribution in [3.63, 3.8) is 0 Å². The minimum atomic E-state index is -1.68. The van der Waals surface area contributed by atoms with Gasteiger partial charge in [-0.25, -0.2) is 4.79 Å². The van der Waals surface area contributed by atoms with Gasteiger partial charge in [-0.2, -0.15) is 0 Å². The topological polar surface area (TPSA) is 77.8 Å². The van der Waals surface area contributed by atoms with E-state index in [0.29, 0.717) is 10.5 Å². The Bertz CT molecular complexity index is 378. The molecule has 0 aliphatic carbocycles. The molecule has 3 N–H and O–H groups in total. The fourth-order valence-corrected chi connectivity index (χ4v) is 1.38. The number of thiol groups is 1. The van der Waals surface area contributed by atoms with Crippen molar-refractivity contribution in [2.24, 2.45) is 0 Å². The number of hydrogen-bond donors (Lipinski definition) is 4. The molecule has 14 heavy (non-hydrogen) atoms. The van der Waals surface area contributed by atoms with Gasteiger partial charge in [0.2, 0.25) is 0 Å². The van der Waals surface area contributed by atoms with Crippen LogP contribution in [0, 0.1) is 6.92 Å². The lowest BCUT2D eigenvalue weighted by atomic mass is 9.76. The number of benzene rings is 1. The first-order chi connectivity index (χ1) is 6.43. The third-order valence-electron chi connectivity index (χ3n) is 1.95. The molecule has 0 heterocycles. The minimum absolute atomic E-state index is 0.0105. The maximum atomic E-state index is 10.6. The number of carboxylic acids is 1. The Labute approximate surface area is 86.8 Å². The Kier molecular flexibility index (Phi) is 3.20. The van der Waals surface area contributed by atoms with Gasteiger partial charge >= 0.3 is 13.1 Å². The fraction of sp³-hybridized carbons (Fsp3) is 0.125. The minimum Gasteiger partial charge on any atom is -0.478 e. The molecule has 0 bridgehead atoms. The molecule has 1 rings (SSSR count). The molecule has 0 saturated heterocycles. The Balaban J connectivity index is 3.35. The van der Waals surface area contributed by atoms with Crippen LogP contribution in [-0.4, -0.2) is 28.2 Å². The van der Waals surface area contributed by atoms with E-state index in [-0.39, 0.29) is 11.0 Å². The Morgan fingerprint density at radius 1 is 1.43 bits per heavy atom. The van der Waals surface area contributed by atoms with Gasteiger partial charge in [-0.05, 0) is 30.1 Å². The van der Waals surface area contributed by atoms with Gasteiger partial charge in [0.15, 0.2) is 0 Å². The molecule has 0 saturated carbocycles. The van der Waals surface area contributed by atoms with Gasteiger partial charge in [-0.1, -0.05) is 0 Å². The number of aromatic carboxylic acids is 1. The SMILES string of the molecule is Cc1c(S)cc(C(=O)O)cc1B(O)O. The predicted molar refractivity (Wildman–Crippen MR) is 55.2 cm³/mol. The highest BCUT2D eigenvalue weighted by atomic mass is 32.1. The van der Waals surface area contributed by atoms with Crippen LogP contribution in [-0.2, 0) is 0 Å². The third-order valence-corrected chi connectivity index (χ3v) is 2.41. The lowest BCUT2D eigenvalue weighted by Crippen LogP contribution is -2.33. The maximum Gasteiger partial charge on any atom is 0.488 e. The van der Waals surface area contributed by atoms with Gasteiger partial charge in [0, 0.05) is 4.90 Å². The summed E-state index contributed by atoms with van der Waals surface area (Å²) in [7, 11) is -1.68. The molecule has 1 aromatic rings. The first-order valence-electron chi connectivity index (χ1n) is 3.86. The van der Waals surface area contributed by atoms with Gasteiger partial charge in [0.25, 0.3) is 0 Å². The molecule has 0 unspecified atom stereocenters. The molecule has 0 radical (unpaired) electrons. The highest BCUT2D eigenvalue weighted by molar-refractivity contribution is 7.80. The molecule has 0 aliphatic heterocycles. The summed E-state index contributed by atoms with van der Waals surface area (Å²) in [5.41, 5.74) is 0.715. The van der Waals surface area contributed by atoms with Crippen LogP contribution in [0.4, 0.5) is 0 Å². The van der Waals surface area contributed by atoms with Gasteiger partial charge in [-0.3, -0.25) is 0 Å². The molecular weight excluding hydrogens is 203 g/mol. The molecule has 1 aromatic carbocycles. The molecular formula is C8H9BO4S. The molecule has 0 atom stereocenters. The normalized spacial score (nSPS) is 10.0. The Morgan fingerprint density at radius 2 is 2.00 bits per heavy atom. The molecule has 0 fully saturated rings. The van der Waals surface area contributed by atoms with E-state index in [2.05, 4.69) is 12.6 Å². The summed E-state index contributed by atoms with van der Waals surface area (Å²) in [6.07, 6.45) is 0. The van der Waals surface area contributed by atoms with Crippen molar-refractivity contribution in [1.82, 2.24) is 0 Å². The zero-order valence-electron chi connectivity index (χ0n) is 7.43. The van der Waals surface area contributed by atoms with E-state index in [0.717, 1.165) is 0 Å². The number of rotatable bonds is 2. The van der Waals surface area contributed by atoms with E-state index >= 15 is 0 Å². The van der Waals surface area contributed by atoms with E-state index in [1.165, 1.54) is 12.1 Å². The summed E-state index contributed by atoms with van der Waals surface area (Å²) in [6, 6.07) is 2.59. The Morgan fingerprint density at radius 3 is 2.43 bits per heavy atom. The van der Waals surface area contributed by atoms with Crippen LogP contribution in [0.25, 0.3) is 0 Å². The van der Waals surface area contributed by atoms with Crippen LogP contribution < -0.4 is 5.46 Å². The van der Waals surface area contributed by atoms with Crippen LogP contribution in [0.2, 0.25) is 0 Å². The second-order valence-electron chi connectivity index (χ2n) is 2.89. The van der Waals surface area contributed by atoms with Crippen LogP contribution in [0.5, 0.6) is 0 Å². The van der Waals surface area contributed by atoms with Crippen LogP contribution in [0.15, 0.2) is 17.0 Å². The molecule has 0 aromatic heterocycles. The zero-order valence-corrected chi connectivity index (χ0v) is 8.32. The second kappa shape index (κ2) is 4.04. The highest BCUT2D eigenvalue weighted by Crippen LogP contribution is 2.13. The summed E-state index contributed by atoms with van der Waals surface area (Å²) in [4.78, 5) is 11.1. The smallest absolute Gasteiger partial charge is 0.478 e. The van der Waals surface area contributed by atoms with Crippen LogP contribution in [0.1, 0.15) is 15.9 Å². The van der Waals surface area contributed by atoms with Crippen molar-refractivity contribution in [2.75, 3.05) is 0 Å². The van der Waals surface area contributed by atoms with Crippen molar-refractivity contribution < 1.29 is 19.9 Å². The molecule has 4 nitrogen and oxygen atoms in total. The van der Waals surface area contributed by atoms with Crippen molar-refractivity contribution in [3.8, 4) is 0 Å². The van der Waals surface area contributed by atoms with Crippen molar-refractivity contribution in [2.45, 2.75) is 11.8 Å². The quantitative estimate of drug-likeness (QED) is 0.399. The maximum absolute atomic E-state index is 10.6. The summed E-state index contributed by atoms with van der Waals surface area (Å²) >= 11 is 4.04. The van der Waals surface area contributed by atoms with E-state index in [1.54, 1.807) is 6.92 Å². The highest BCUT2D eigenvalue weighted by Gasteiger charge is 2.18. The Hall–Kier alpha value is -0.975. The molecule has 0 aliphatic rings. The summed E-state index contributed by atoms with van der Waals surface area (Å²) in [6.45, 7) is 1.64. The van der Waals surface area contributed by atoms with Crippen molar-refractivity contribution in [3.05, 3.63) is 23.3 Å². The molecule has 0 spiro atoms. The van der Waals surface area contributed by atoms with E-state index in [1.807, 2.05) is 0 Å². The van der Waals surface area contributed by atoms with E-state index < -0.39 is 13.1 Å². The van der Waals surface area contributed by atoms with Gasteiger partial charge < -0.3 is 15.2 Å². The summed E-state index contributed by atoms with van der Waals surface area (Å²) in [5, 5.41) is 26.6. The van der Waals surface area contributed by atoms with Crippen LogP contribution >= 0.6 is 12.6 Å². The van der Waals surface area contributed by atoms with E-state index in [4.69, 9.17) is 15.2 Å². The average molecular weight is 212 g/mol. The first kappa shape index (κ1) is 11.1. The van der Waals surface area contributed by atoms with Gasteiger partial charge in [0.1, 0.15) is 0 Å². The number of carboxylic acid groups (broad SMARTS) is 1. The lowest BCUT2D eigenvalue weighted by molar-refractivity contribution is 0.0696. The first-order valence-corrected chi connectivity index (χ1v) is 4.31. The fourth-order valence-electron chi connectivity index (χ4n) is 1.11. The molecule has 0 amide bonds. The zero-order chi connectivity index (χ0) is 10.9. The third kappa shape index (κ3) is 2.09. The van der Waals surface area contributed by atoms with Crippen molar-refractivity contribution >= 4 is 31.2 Å². The predicted octanol–water partition coefficient (Wildman–Crippen LogP) is -0.338. The summed E-state index contributed by atoms with van der Waals surface area (Å²) in [5.74, 6) is -1.12. The number of hydrogen-bond acceptors (Lipinski definition) is 4. The monoisotopic (exact) mass is 212 g/mol. The molecule has 74 valence electrons. The van der Waals surface area contributed by atoms with Crippen LogP contribution in [0.3, 0.4) is 0 Å². The van der Waals surface area contributed by atoms with Gasteiger partial charge in [-0.15, -0.1) is 12.6 Å². The van der Waals surface area contributed by atoms with Crippen molar-refractivity contribution in [1.29, 1.82) is 0 Å². The standard InChI is InChI=1S/C8H9BO4S/c1-4-6(9(12)13)2-5(8(10)11)3-7(4)14/h2-3,12-14H,1H3,(H,10,11). The number of carbonyl (C=O) groups is 1. The van der Waals surface area contributed by atoms with E-state index in [9.17, 15) is 4.79 Å². The lowest BCUT2D eigenvalue weighted by Gasteiger charge is -2.08. The summed E-state index contributed by atoms with van der Waals surface area (Å²) < 4.78 is 0. The average Bonchev–Trinajstić information content (AvgIpc) is 2.08. The molecule has 6 heteroatoms. The van der Waals surface area contributed by atoms with Gasteiger partial charge in [0.05, 0.1) is 5.56 Å². The second-order valence-corrected chi connectivity index (χ2v) is 3.37. The largest absolute Gasteiger partial charge is 0.488 e.